The second-order valence-corrected chi connectivity index (χ2v) is 6.95. The molecule has 94 valence electrons. The highest BCUT2D eigenvalue weighted by molar-refractivity contribution is 7.91. The summed E-state index contributed by atoms with van der Waals surface area (Å²) in [5, 5.41) is 0. The van der Waals surface area contributed by atoms with Crippen molar-refractivity contribution in [3.63, 3.8) is 0 Å². The normalized spacial score (nSPS) is 19.3. The maximum atomic E-state index is 11.4. The topological polar surface area (TPSA) is 37.4 Å². The van der Waals surface area contributed by atoms with E-state index in [1.807, 2.05) is 19.1 Å². The van der Waals surface area contributed by atoms with Gasteiger partial charge in [-0.05, 0) is 30.2 Å². The number of rotatable bonds is 2. The fourth-order valence-corrected chi connectivity index (χ4v) is 3.50. The number of benzene rings is 1. The molecule has 1 saturated heterocycles. The third-order valence-electron chi connectivity index (χ3n) is 3.18. The number of halogens is 1. The zero-order valence-corrected chi connectivity index (χ0v) is 11.4. The first-order chi connectivity index (χ1) is 8.02. The molecule has 0 radical (unpaired) electrons. The molecule has 0 saturated carbocycles. The summed E-state index contributed by atoms with van der Waals surface area (Å²) in [4.78, 5) is 2.12. The van der Waals surface area contributed by atoms with Crippen LogP contribution in [-0.4, -0.2) is 33.0 Å². The van der Waals surface area contributed by atoms with Crippen molar-refractivity contribution < 1.29 is 8.42 Å². The minimum Gasteiger partial charge on any atom is -0.369 e. The smallest absolute Gasteiger partial charge is 0.153 e. The molecule has 0 spiro atoms. The van der Waals surface area contributed by atoms with Crippen molar-refractivity contribution in [1.29, 1.82) is 0 Å². The molecule has 1 aliphatic heterocycles. The lowest BCUT2D eigenvalue weighted by atomic mass is 10.1. The van der Waals surface area contributed by atoms with E-state index in [2.05, 4.69) is 11.0 Å². The van der Waals surface area contributed by atoms with E-state index in [0.717, 1.165) is 16.8 Å². The fourth-order valence-electron chi connectivity index (χ4n) is 2.00. The number of anilines is 1. The van der Waals surface area contributed by atoms with Gasteiger partial charge in [0, 0.05) is 24.7 Å². The van der Waals surface area contributed by atoms with Gasteiger partial charge >= 0.3 is 0 Å². The number of aryl methyl sites for hydroxylation is 1. The van der Waals surface area contributed by atoms with Crippen LogP contribution in [0.5, 0.6) is 0 Å². The van der Waals surface area contributed by atoms with E-state index >= 15 is 0 Å². The van der Waals surface area contributed by atoms with Crippen LogP contribution in [0, 0.1) is 6.92 Å². The molecule has 1 aromatic rings. The van der Waals surface area contributed by atoms with E-state index < -0.39 is 9.84 Å². The SMILES string of the molecule is Cc1cc(N2CCS(=O)(=O)CC2)ccc1CCl. The van der Waals surface area contributed by atoms with E-state index in [-0.39, 0.29) is 11.5 Å². The van der Waals surface area contributed by atoms with Crippen molar-refractivity contribution in [3.8, 4) is 0 Å². The summed E-state index contributed by atoms with van der Waals surface area (Å²) in [5.74, 6) is 1.02. The van der Waals surface area contributed by atoms with Crippen LogP contribution in [0.1, 0.15) is 11.1 Å². The Labute approximate surface area is 107 Å². The molecule has 1 aromatic carbocycles. The Balaban J connectivity index is 2.16. The summed E-state index contributed by atoms with van der Waals surface area (Å²) in [7, 11) is -2.81. The van der Waals surface area contributed by atoms with Gasteiger partial charge in [0.15, 0.2) is 9.84 Å². The lowest BCUT2D eigenvalue weighted by Gasteiger charge is -2.29. The molecule has 0 unspecified atom stereocenters. The van der Waals surface area contributed by atoms with Crippen LogP contribution in [0.3, 0.4) is 0 Å². The first-order valence-electron chi connectivity index (χ1n) is 5.63. The summed E-state index contributed by atoms with van der Waals surface area (Å²) in [6, 6.07) is 6.11. The van der Waals surface area contributed by atoms with Gasteiger partial charge in [-0.15, -0.1) is 11.6 Å². The molecule has 1 aliphatic rings. The highest BCUT2D eigenvalue weighted by Crippen LogP contribution is 2.22. The Kier molecular flexibility index (Phi) is 3.64. The molecular weight excluding hydrogens is 258 g/mol. The molecule has 0 atom stereocenters. The zero-order chi connectivity index (χ0) is 12.5. The van der Waals surface area contributed by atoms with E-state index in [1.165, 1.54) is 0 Å². The molecule has 1 fully saturated rings. The molecule has 0 bridgehead atoms. The van der Waals surface area contributed by atoms with Gasteiger partial charge in [0.05, 0.1) is 11.5 Å². The van der Waals surface area contributed by atoms with Crippen LogP contribution in [0.2, 0.25) is 0 Å². The molecule has 17 heavy (non-hydrogen) atoms. The highest BCUT2D eigenvalue weighted by Gasteiger charge is 2.21. The van der Waals surface area contributed by atoms with E-state index in [4.69, 9.17) is 11.6 Å². The lowest BCUT2D eigenvalue weighted by molar-refractivity contribution is 0.587. The highest BCUT2D eigenvalue weighted by atomic mass is 35.5. The van der Waals surface area contributed by atoms with Crippen molar-refractivity contribution in [2.24, 2.45) is 0 Å². The molecule has 1 heterocycles. The van der Waals surface area contributed by atoms with Gasteiger partial charge in [0.2, 0.25) is 0 Å². The number of hydrogen-bond donors (Lipinski definition) is 0. The third-order valence-corrected chi connectivity index (χ3v) is 5.08. The minimum atomic E-state index is -2.81. The first-order valence-corrected chi connectivity index (χ1v) is 7.98. The third kappa shape index (κ3) is 2.93. The van der Waals surface area contributed by atoms with Crippen molar-refractivity contribution in [2.45, 2.75) is 12.8 Å². The average molecular weight is 274 g/mol. The average Bonchev–Trinajstić information content (AvgIpc) is 2.29. The molecule has 3 nitrogen and oxygen atoms in total. The first kappa shape index (κ1) is 12.7. The Morgan fingerprint density at radius 3 is 2.47 bits per heavy atom. The van der Waals surface area contributed by atoms with Crippen molar-refractivity contribution in [2.75, 3.05) is 29.5 Å². The van der Waals surface area contributed by atoms with Gasteiger partial charge in [0.25, 0.3) is 0 Å². The lowest BCUT2D eigenvalue weighted by Crippen LogP contribution is -2.40. The summed E-state index contributed by atoms with van der Waals surface area (Å²) < 4.78 is 22.7. The Bertz CT molecular complexity index is 499. The standard InChI is InChI=1S/C12H16ClNO2S/c1-10-8-12(3-2-11(10)9-13)14-4-6-17(15,16)7-5-14/h2-3,8H,4-7,9H2,1H3. The van der Waals surface area contributed by atoms with Gasteiger partial charge < -0.3 is 4.90 Å². The maximum absolute atomic E-state index is 11.4. The van der Waals surface area contributed by atoms with E-state index in [0.29, 0.717) is 19.0 Å². The quantitative estimate of drug-likeness (QED) is 0.773. The molecule has 0 aliphatic carbocycles. The van der Waals surface area contributed by atoms with Crippen LogP contribution in [-0.2, 0) is 15.7 Å². The van der Waals surface area contributed by atoms with Gasteiger partial charge in [-0.3, -0.25) is 0 Å². The second kappa shape index (κ2) is 4.86. The van der Waals surface area contributed by atoms with Gasteiger partial charge in [0.1, 0.15) is 0 Å². The Morgan fingerprint density at radius 1 is 1.29 bits per heavy atom. The van der Waals surface area contributed by atoms with Gasteiger partial charge in [-0.1, -0.05) is 6.07 Å². The van der Waals surface area contributed by atoms with Crippen molar-refractivity contribution in [3.05, 3.63) is 29.3 Å². The largest absolute Gasteiger partial charge is 0.369 e. The van der Waals surface area contributed by atoms with Crippen LogP contribution < -0.4 is 4.90 Å². The molecule has 2 rings (SSSR count). The monoisotopic (exact) mass is 273 g/mol. The predicted octanol–water partition coefficient (Wildman–Crippen LogP) is 1.97. The summed E-state index contributed by atoms with van der Waals surface area (Å²) >= 11 is 5.81. The molecule has 5 heteroatoms. The number of alkyl halides is 1. The zero-order valence-electron chi connectivity index (χ0n) is 9.82. The van der Waals surface area contributed by atoms with Crippen LogP contribution in [0.25, 0.3) is 0 Å². The van der Waals surface area contributed by atoms with Crippen LogP contribution in [0.4, 0.5) is 5.69 Å². The summed E-state index contributed by atoms with van der Waals surface area (Å²) in [6.07, 6.45) is 0. The maximum Gasteiger partial charge on any atom is 0.153 e. The Morgan fingerprint density at radius 2 is 1.94 bits per heavy atom. The Hall–Kier alpha value is -0.740. The van der Waals surface area contributed by atoms with Gasteiger partial charge in [-0.25, -0.2) is 8.42 Å². The van der Waals surface area contributed by atoms with Crippen LogP contribution >= 0.6 is 11.6 Å². The number of sulfone groups is 1. The molecule has 0 amide bonds. The second-order valence-electron chi connectivity index (χ2n) is 4.38. The summed E-state index contributed by atoms with van der Waals surface area (Å²) in [6.45, 7) is 3.20. The number of hydrogen-bond acceptors (Lipinski definition) is 3. The van der Waals surface area contributed by atoms with E-state index in [9.17, 15) is 8.42 Å². The van der Waals surface area contributed by atoms with E-state index in [1.54, 1.807) is 0 Å². The van der Waals surface area contributed by atoms with Crippen LogP contribution in [0.15, 0.2) is 18.2 Å². The van der Waals surface area contributed by atoms with Crippen molar-refractivity contribution >= 4 is 27.1 Å². The fraction of sp³-hybridized carbons (Fsp3) is 0.500. The number of nitrogens with zero attached hydrogens (tertiary/aromatic N) is 1. The molecule has 0 aromatic heterocycles. The van der Waals surface area contributed by atoms with Gasteiger partial charge in [-0.2, -0.15) is 0 Å². The van der Waals surface area contributed by atoms with Crippen molar-refractivity contribution in [1.82, 2.24) is 0 Å². The summed E-state index contributed by atoms with van der Waals surface area (Å²) in [5.41, 5.74) is 3.37. The predicted molar refractivity (Wildman–Crippen MR) is 71.6 cm³/mol. The minimum absolute atomic E-state index is 0.253. The molecule has 0 N–H and O–H groups in total. The molecular formula is C12H16ClNO2S.